The molecule has 0 unspecified atom stereocenters. The van der Waals surface area contributed by atoms with E-state index in [1.807, 2.05) is 0 Å². The Balaban J connectivity index is 3.09. The second-order valence-corrected chi connectivity index (χ2v) is 2.65. The third-order valence-corrected chi connectivity index (χ3v) is 1.76. The van der Waals surface area contributed by atoms with Gasteiger partial charge < -0.3 is 10.5 Å². The van der Waals surface area contributed by atoms with Crippen LogP contribution in [0.2, 0.25) is 0 Å². The van der Waals surface area contributed by atoms with Crippen molar-refractivity contribution in [2.45, 2.75) is 6.92 Å². The van der Waals surface area contributed by atoms with E-state index < -0.39 is 5.97 Å². The van der Waals surface area contributed by atoms with Crippen LogP contribution in [-0.4, -0.2) is 18.9 Å². The molecule has 1 aromatic carbocycles. The van der Waals surface area contributed by atoms with Gasteiger partial charge in [-0.1, -0.05) is 6.07 Å². The highest BCUT2D eigenvalue weighted by atomic mass is 16.5. The van der Waals surface area contributed by atoms with E-state index in [1.54, 1.807) is 19.1 Å². The van der Waals surface area contributed by atoms with Gasteiger partial charge in [0.25, 0.3) is 0 Å². The smallest absolute Gasteiger partial charge is 0.340 e. The van der Waals surface area contributed by atoms with Crippen LogP contribution in [0.3, 0.4) is 0 Å². The Labute approximate surface area is 81.7 Å². The van der Waals surface area contributed by atoms with Gasteiger partial charge in [0.2, 0.25) is 0 Å². The molecule has 0 heterocycles. The summed E-state index contributed by atoms with van der Waals surface area (Å²) in [4.78, 5) is 21.8. The summed E-state index contributed by atoms with van der Waals surface area (Å²) >= 11 is 0. The highest BCUT2D eigenvalue weighted by molar-refractivity contribution is 5.99. The number of carbonyl (C=O) groups excluding carboxylic acids is 2. The van der Waals surface area contributed by atoms with Crippen molar-refractivity contribution in [2.75, 3.05) is 12.3 Å². The second-order valence-electron chi connectivity index (χ2n) is 2.65. The zero-order chi connectivity index (χ0) is 10.6. The summed E-state index contributed by atoms with van der Waals surface area (Å²) in [5, 5.41) is 0. The maximum Gasteiger partial charge on any atom is 0.340 e. The minimum atomic E-state index is -0.506. The number of nitrogens with two attached hydrogens (primary N) is 1. The Bertz CT molecular complexity index is 360. The Kier molecular flexibility index (Phi) is 3.23. The summed E-state index contributed by atoms with van der Waals surface area (Å²) in [5.41, 5.74) is 6.29. The molecule has 0 aliphatic carbocycles. The normalized spacial score (nSPS) is 9.50. The summed E-state index contributed by atoms with van der Waals surface area (Å²) in [7, 11) is 0. The molecule has 0 aromatic heterocycles. The van der Waals surface area contributed by atoms with Crippen LogP contribution in [0.15, 0.2) is 18.2 Å². The van der Waals surface area contributed by atoms with E-state index in [4.69, 9.17) is 10.5 Å². The first-order valence-electron chi connectivity index (χ1n) is 4.21. The van der Waals surface area contributed by atoms with E-state index in [1.165, 1.54) is 6.07 Å². The van der Waals surface area contributed by atoms with Gasteiger partial charge in [-0.3, -0.25) is 4.79 Å². The van der Waals surface area contributed by atoms with Gasteiger partial charge in [-0.25, -0.2) is 4.79 Å². The van der Waals surface area contributed by atoms with Gasteiger partial charge in [-0.05, 0) is 19.1 Å². The number of esters is 1. The highest BCUT2D eigenvalue weighted by Crippen LogP contribution is 2.16. The van der Waals surface area contributed by atoms with E-state index in [0.717, 1.165) is 0 Å². The summed E-state index contributed by atoms with van der Waals surface area (Å²) < 4.78 is 4.77. The SMILES string of the molecule is CCOC(=O)c1cccc(C=O)c1N. The van der Waals surface area contributed by atoms with E-state index in [-0.39, 0.29) is 17.9 Å². The molecule has 14 heavy (non-hydrogen) atoms. The first kappa shape index (κ1) is 10.2. The minimum Gasteiger partial charge on any atom is -0.462 e. The first-order chi connectivity index (χ1) is 6.70. The molecule has 0 fully saturated rings. The first-order valence-corrected chi connectivity index (χ1v) is 4.21. The summed E-state index contributed by atoms with van der Waals surface area (Å²) in [6.45, 7) is 1.99. The molecule has 1 aromatic rings. The van der Waals surface area contributed by atoms with Crippen LogP contribution in [0.4, 0.5) is 5.69 Å². The van der Waals surface area contributed by atoms with Crippen LogP contribution < -0.4 is 5.73 Å². The zero-order valence-corrected chi connectivity index (χ0v) is 7.82. The number of hydrogen-bond acceptors (Lipinski definition) is 4. The van der Waals surface area contributed by atoms with E-state index in [9.17, 15) is 9.59 Å². The predicted octanol–water partition coefficient (Wildman–Crippen LogP) is 1.26. The number of rotatable bonds is 3. The Morgan fingerprint density at radius 2 is 2.29 bits per heavy atom. The van der Waals surface area contributed by atoms with Crippen molar-refractivity contribution < 1.29 is 14.3 Å². The molecule has 0 saturated heterocycles. The molecule has 0 saturated carbocycles. The maximum absolute atomic E-state index is 11.3. The molecule has 0 spiro atoms. The van der Waals surface area contributed by atoms with Crippen molar-refractivity contribution in [1.82, 2.24) is 0 Å². The molecule has 0 atom stereocenters. The van der Waals surface area contributed by atoms with Crippen LogP contribution >= 0.6 is 0 Å². The average Bonchev–Trinajstić information content (AvgIpc) is 2.18. The number of ether oxygens (including phenoxy) is 1. The molecule has 4 nitrogen and oxygen atoms in total. The minimum absolute atomic E-state index is 0.168. The van der Waals surface area contributed by atoms with Gasteiger partial charge in [0.15, 0.2) is 6.29 Å². The monoisotopic (exact) mass is 193 g/mol. The lowest BCUT2D eigenvalue weighted by atomic mass is 10.1. The van der Waals surface area contributed by atoms with Gasteiger partial charge in [0, 0.05) is 5.56 Å². The van der Waals surface area contributed by atoms with Crippen LogP contribution in [-0.2, 0) is 4.74 Å². The van der Waals surface area contributed by atoms with Gasteiger partial charge >= 0.3 is 5.97 Å². The molecule has 0 aliphatic rings. The zero-order valence-electron chi connectivity index (χ0n) is 7.82. The van der Waals surface area contributed by atoms with Crippen LogP contribution in [0.25, 0.3) is 0 Å². The Hall–Kier alpha value is -1.84. The van der Waals surface area contributed by atoms with Gasteiger partial charge in [0.05, 0.1) is 17.9 Å². The van der Waals surface area contributed by atoms with Crippen molar-refractivity contribution in [2.24, 2.45) is 0 Å². The third kappa shape index (κ3) is 1.90. The fraction of sp³-hybridized carbons (Fsp3) is 0.200. The van der Waals surface area contributed by atoms with Gasteiger partial charge in [-0.2, -0.15) is 0 Å². The predicted molar refractivity (Wildman–Crippen MR) is 52.2 cm³/mol. The lowest BCUT2D eigenvalue weighted by Crippen LogP contribution is -2.09. The number of anilines is 1. The van der Waals surface area contributed by atoms with E-state index >= 15 is 0 Å². The number of hydrogen-bond donors (Lipinski definition) is 1. The maximum atomic E-state index is 11.3. The van der Waals surface area contributed by atoms with Crippen LogP contribution in [0.5, 0.6) is 0 Å². The number of benzene rings is 1. The van der Waals surface area contributed by atoms with Crippen LogP contribution in [0, 0.1) is 0 Å². The van der Waals surface area contributed by atoms with Gasteiger partial charge in [0.1, 0.15) is 0 Å². The molecule has 74 valence electrons. The molecule has 1 rings (SSSR count). The van der Waals surface area contributed by atoms with Crippen molar-refractivity contribution >= 4 is 17.9 Å². The number of nitrogen functional groups attached to an aromatic ring is 1. The quantitative estimate of drug-likeness (QED) is 0.445. The largest absolute Gasteiger partial charge is 0.462 e. The summed E-state index contributed by atoms with van der Waals surface area (Å²) in [5.74, 6) is -0.506. The van der Waals surface area contributed by atoms with Crippen molar-refractivity contribution in [1.29, 1.82) is 0 Å². The molecule has 0 radical (unpaired) electrons. The average molecular weight is 193 g/mol. The van der Waals surface area contributed by atoms with Crippen molar-refractivity contribution in [3.63, 3.8) is 0 Å². The fourth-order valence-corrected chi connectivity index (χ4v) is 1.07. The molecule has 0 aliphatic heterocycles. The van der Waals surface area contributed by atoms with Crippen LogP contribution in [0.1, 0.15) is 27.6 Å². The fourth-order valence-electron chi connectivity index (χ4n) is 1.07. The third-order valence-electron chi connectivity index (χ3n) is 1.76. The summed E-state index contributed by atoms with van der Waals surface area (Å²) in [6.07, 6.45) is 0.609. The van der Waals surface area contributed by atoms with Crippen molar-refractivity contribution in [3.05, 3.63) is 29.3 Å². The molecule has 2 N–H and O–H groups in total. The summed E-state index contributed by atoms with van der Waals surface area (Å²) in [6, 6.07) is 4.66. The Morgan fingerprint density at radius 1 is 1.57 bits per heavy atom. The van der Waals surface area contributed by atoms with Gasteiger partial charge in [-0.15, -0.1) is 0 Å². The van der Waals surface area contributed by atoms with E-state index in [2.05, 4.69) is 0 Å². The highest BCUT2D eigenvalue weighted by Gasteiger charge is 2.12. The molecular weight excluding hydrogens is 182 g/mol. The number of para-hydroxylation sites is 1. The van der Waals surface area contributed by atoms with E-state index in [0.29, 0.717) is 11.8 Å². The Morgan fingerprint density at radius 3 is 2.86 bits per heavy atom. The number of aldehydes is 1. The topological polar surface area (TPSA) is 69.4 Å². The molecule has 0 bridgehead atoms. The lowest BCUT2D eigenvalue weighted by molar-refractivity contribution is 0.0527. The molecular formula is C10H11NO3. The van der Waals surface area contributed by atoms with Crippen molar-refractivity contribution in [3.8, 4) is 0 Å². The second kappa shape index (κ2) is 4.41. The molecule has 4 heteroatoms. The number of carbonyl (C=O) groups is 2. The lowest BCUT2D eigenvalue weighted by Gasteiger charge is -2.06. The standard InChI is InChI=1S/C10H11NO3/c1-2-14-10(13)8-5-3-4-7(6-12)9(8)11/h3-6H,2,11H2,1H3. The molecule has 0 amide bonds.